The predicted molar refractivity (Wildman–Crippen MR) is 94.4 cm³/mol. The van der Waals surface area contributed by atoms with E-state index in [9.17, 15) is 9.79 Å². The average molecular weight is 326 g/mol. The fourth-order valence-electron chi connectivity index (χ4n) is 3.16. The van der Waals surface area contributed by atoms with Crippen LogP contribution in [-0.4, -0.2) is 9.79 Å². The summed E-state index contributed by atoms with van der Waals surface area (Å²) in [5, 5.41) is 0. The standard InChI is InChI=1S/C18H31O3P/c1-5-9-14-13-18(21-22(19)20)17(12-8-4)16(11-7-3)15(14)10-6-2/h13,19-20H,5-12H2,1-4H3. The molecular formula is C18H31O3P. The molecule has 0 aromatic heterocycles. The Labute approximate surface area is 136 Å². The second kappa shape index (κ2) is 10.2. The van der Waals surface area contributed by atoms with Crippen molar-refractivity contribution < 1.29 is 14.3 Å². The van der Waals surface area contributed by atoms with Gasteiger partial charge in [0.2, 0.25) is 0 Å². The fraction of sp³-hybridized carbons (Fsp3) is 0.667. The molecule has 0 saturated carbocycles. The van der Waals surface area contributed by atoms with Gasteiger partial charge in [0.05, 0.1) is 0 Å². The Hall–Kier alpha value is -0.630. The van der Waals surface area contributed by atoms with Crippen LogP contribution >= 0.6 is 8.60 Å². The van der Waals surface area contributed by atoms with Crippen LogP contribution in [0.1, 0.15) is 75.6 Å². The molecule has 1 rings (SSSR count). The van der Waals surface area contributed by atoms with E-state index in [1.807, 2.05) is 0 Å². The molecular weight excluding hydrogens is 295 g/mol. The summed E-state index contributed by atoms with van der Waals surface area (Å²) < 4.78 is 5.38. The van der Waals surface area contributed by atoms with Crippen molar-refractivity contribution in [1.29, 1.82) is 0 Å². The molecule has 0 radical (unpaired) electrons. The van der Waals surface area contributed by atoms with Gasteiger partial charge in [0, 0.05) is 0 Å². The molecule has 0 bridgehead atoms. The molecule has 0 fully saturated rings. The Morgan fingerprint density at radius 2 is 1.27 bits per heavy atom. The van der Waals surface area contributed by atoms with Crippen molar-refractivity contribution in [3.63, 3.8) is 0 Å². The Bertz CT molecular complexity index is 458. The van der Waals surface area contributed by atoms with Crippen LogP contribution in [0.15, 0.2) is 6.07 Å². The summed E-state index contributed by atoms with van der Waals surface area (Å²) in [5.41, 5.74) is 5.37. The summed E-state index contributed by atoms with van der Waals surface area (Å²) in [4.78, 5) is 18.6. The maximum Gasteiger partial charge on any atom is 0.391 e. The van der Waals surface area contributed by atoms with Gasteiger partial charge in [-0.3, -0.25) is 0 Å². The zero-order valence-corrected chi connectivity index (χ0v) is 15.4. The van der Waals surface area contributed by atoms with Crippen LogP contribution in [0, 0.1) is 0 Å². The highest BCUT2D eigenvalue weighted by molar-refractivity contribution is 7.39. The van der Waals surface area contributed by atoms with Crippen LogP contribution in [0.2, 0.25) is 0 Å². The lowest BCUT2D eigenvalue weighted by Gasteiger charge is -2.22. The van der Waals surface area contributed by atoms with Gasteiger partial charge in [0.25, 0.3) is 0 Å². The second-order valence-corrected chi connectivity index (χ2v) is 6.50. The highest BCUT2D eigenvalue weighted by Gasteiger charge is 2.19. The Morgan fingerprint density at radius 1 is 0.773 bits per heavy atom. The molecule has 126 valence electrons. The van der Waals surface area contributed by atoms with Crippen LogP contribution in [0.25, 0.3) is 0 Å². The van der Waals surface area contributed by atoms with Crippen LogP contribution in [0.4, 0.5) is 0 Å². The van der Waals surface area contributed by atoms with Gasteiger partial charge in [-0.1, -0.05) is 53.4 Å². The van der Waals surface area contributed by atoms with Crippen LogP contribution < -0.4 is 4.52 Å². The Balaban J connectivity index is 3.48. The van der Waals surface area contributed by atoms with Crippen LogP contribution in [0.5, 0.6) is 5.75 Å². The zero-order chi connectivity index (χ0) is 16.5. The van der Waals surface area contributed by atoms with E-state index < -0.39 is 8.60 Å². The van der Waals surface area contributed by atoms with E-state index in [0.29, 0.717) is 5.75 Å². The third-order valence-corrected chi connectivity index (χ3v) is 4.28. The van der Waals surface area contributed by atoms with Crippen molar-refractivity contribution in [3.05, 3.63) is 28.3 Å². The molecule has 4 heteroatoms. The summed E-state index contributed by atoms with van der Waals surface area (Å²) in [6, 6.07) is 2.06. The molecule has 0 aliphatic heterocycles. The van der Waals surface area contributed by atoms with Crippen molar-refractivity contribution in [2.75, 3.05) is 0 Å². The van der Waals surface area contributed by atoms with E-state index in [0.717, 1.165) is 51.4 Å². The molecule has 1 aromatic rings. The molecule has 22 heavy (non-hydrogen) atoms. The van der Waals surface area contributed by atoms with E-state index in [4.69, 9.17) is 4.52 Å². The number of rotatable bonds is 10. The third-order valence-electron chi connectivity index (χ3n) is 3.92. The topological polar surface area (TPSA) is 49.7 Å². The average Bonchev–Trinajstić information content (AvgIpc) is 2.46. The first kappa shape index (κ1) is 19.4. The lowest BCUT2D eigenvalue weighted by Crippen LogP contribution is -2.08. The number of aryl methyl sites for hydroxylation is 1. The molecule has 0 unspecified atom stereocenters. The van der Waals surface area contributed by atoms with Gasteiger partial charge in [-0.05, 0) is 54.0 Å². The molecule has 0 amide bonds. The van der Waals surface area contributed by atoms with Crippen molar-refractivity contribution in [1.82, 2.24) is 0 Å². The third kappa shape index (κ3) is 5.22. The SMILES string of the molecule is CCCc1cc(OP(O)O)c(CCC)c(CCC)c1CCC. The molecule has 0 saturated heterocycles. The maximum absolute atomic E-state index is 9.31. The van der Waals surface area contributed by atoms with Crippen molar-refractivity contribution >= 4 is 8.60 Å². The Kier molecular flexibility index (Phi) is 9.00. The molecule has 3 nitrogen and oxygen atoms in total. The number of hydrogen-bond acceptors (Lipinski definition) is 3. The van der Waals surface area contributed by atoms with E-state index in [1.54, 1.807) is 0 Å². The summed E-state index contributed by atoms with van der Waals surface area (Å²) in [5.74, 6) is 0.685. The van der Waals surface area contributed by atoms with Crippen molar-refractivity contribution in [3.8, 4) is 5.75 Å². The number of hydrogen-bond donors (Lipinski definition) is 2. The predicted octanol–water partition coefficient (Wildman–Crippen LogP) is 5.09. The summed E-state index contributed by atoms with van der Waals surface area (Å²) >= 11 is 0. The minimum absolute atomic E-state index is 0.685. The molecule has 0 heterocycles. The quantitative estimate of drug-likeness (QED) is 0.589. The van der Waals surface area contributed by atoms with Crippen LogP contribution in [0.3, 0.4) is 0 Å². The molecule has 0 atom stereocenters. The highest BCUT2D eigenvalue weighted by Crippen LogP contribution is 2.38. The summed E-state index contributed by atoms with van der Waals surface area (Å²) in [7, 11) is -2.36. The second-order valence-electron chi connectivity index (χ2n) is 5.81. The minimum Gasteiger partial charge on any atom is -0.427 e. The first-order chi connectivity index (χ1) is 10.6. The van der Waals surface area contributed by atoms with Gasteiger partial charge in [0.1, 0.15) is 5.75 Å². The monoisotopic (exact) mass is 326 g/mol. The van der Waals surface area contributed by atoms with Gasteiger partial charge in [-0.15, -0.1) is 0 Å². The Morgan fingerprint density at radius 3 is 1.77 bits per heavy atom. The van der Waals surface area contributed by atoms with Gasteiger partial charge >= 0.3 is 8.60 Å². The number of benzene rings is 1. The molecule has 0 spiro atoms. The largest absolute Gasteiger partial charge is 0.427 e. The smallest absolute Gasteiger partial charge is 0.391 e. The molecule has 0 aliphatic rings. The lowest BCUT2D eigenvalue weighted by molar-refractivity contribution is 0.372. The first-order valence-corrected chi connectivity index (χ1v) is 9.77. The summed E-state index contributed by atoms with van der Waals surface area (Å²) in [6.07, 6.45) is 8.41. The molecule has 2 N–H and O–H groups in total. The minimum atomic E-state index is -2.36. The normalized spacial score (nSPS) is 11.2. The maximum atomic E-state index is 9.31. The van der Waals surface area contributed by atoms with Gasteiger partial charge in [0.15, 0.2) is 0 Å². The van der Waals surface area contributed by atoms with Gasteiger partial charge in [-0.25, -0.2) is 0 Å². The summed E-state index contributed by atoms with van der Waals surface area (Å²) in [6.45, 7) is 8.75. The first-order valence-electron chi connectivity index (χ1n) is 8.61. The molecule has 1 aromatic carbocycles. The highest BCUT2D eigenvalue weighted by atomic mass is 31.2. The fourth-order valence-corrected chi connectivity index (χ4v) is 3.50. The zero-order valence-electron chi connectivity index (χ0n) is 14.5. The van der Waals surface area contributed by atoms with E-state index in [-0.39, 0.29) is 0 Å². The van der Waals surface area contributed by atoms with Gasteiger partial charge < -0.3 is 14.3 Å². The van der Waals surface area contributed by atoms with Crippen molar-refractivity contribution in [2.24, 2.45) is 0 Å². The van der Waals surface area contributed by atoms with E-state index in [1.165, 1.54) is 22.3 Å². The van der Waals surface area contributed by atoms with E-state index in [2.05, 4.69) is 33.8 Å². The van der Waals surface area contributed by atoms with E-state index >= 15 is 0 Å². The molecule has 0 aliphatic carbocycles. The van der Waals surface area contributed by atoms with Crippen LogP contribution in [-0.2, 0) is 25.7 Å². The van der Waals surface area contributed by atoms with Gasteiger partial charge in [-0.2, -0.15) is 0 Å². The van der Waals surface area contributed by atoms with Crippen molar-refractivity contribution in [2.45, 2.75) is 79.1 Å². The lowest BCUT2D eigenvalue weighted by atomic mass is 9.86.